The van der Waals surface area contributed by atoms with E-state index in [1.54, 1.807) is 0 Å². The van der Waals surface area contributed by atoms with Crippen LogP contribution in [0.3, 0.4) is 0 Å². The minimum absolute atomic E-state index is 0.453. The Bertz CT molecular complexity index is 348. The molecule has 2 heteroatoms. The van der Waals surface area contributed by atoms with Gasteiger partial charge in [-0.05, 0) is 25.5 Å². The van der Waals surface area contributed by atoms with Crippen molar-refractivity contribution in [1.82, 2.24) is 5.32 Å². The van der Waals surface area contributed by atoms with E-state index in [2.05, 4.69) is 24.0 Å². The highest BCUT2D eigenvalue weighted by Crippen LogP contribution is 2.31. The molecule has 1 heterocycles. The Balaban J connectivity index is 1.93. The van der Waals surface area contributed by atoms with Gasteiger partial charge in [-0.2, -0.15) is 0 Å². The molecule has 0 radical (unpaired) electrons. The molecule has 0 fully saturated rings. The lowest BCUT2D eigenvalue weighted by atomic mass is 10.0. The zero-order valence-corrected chi connectivity index (χ0v) is 9.61. The maximum absolute atomic E-state index is 5.62. The SMILES string of the molecule is C=CCCCNC1CCOc2ccccc21. The van der Waals surface area contributed by atoms with Crippen molar-refractivity contribution in [3.05, 3.63) is 42.5 Å². The average molecular weight is 217 g/mol. The molecule has 1 aliphatic heterocycles. The van der Waals surface area contributed by atoms with E-state index in [-0.39, 0.29) is 0 Å². The number of benzene rings is 1. The summed E-state index contributed by atoms with van der Waals surface area (Å²) in [5.41, 5.74) is 1.30. The number of rotatable bonds is 5. The summed E-state index contributed by atoms with van der Waals surface area (Å²) >= 11 is 0. The number of nitrogens with one attached hydrogen (secondary N) is 1. The lowest BCUT2D eigenvalue weighted by Gasteiger charge is -2.26. The normalized spacial score (nSPS) is 18.6. The van der Waals surface area contributed by atoms with Gasteiger partial charge in [0.15, 0.2) is 0 Å². The molecule has 1 atom stereocenters. The van der Waals surface area contributed by atoms with Crippen molar-refractivity contribution in [3.63, 3.8) is 0 Å². The van der Waals surface area contributed by atoms with Crippen LogP contribution >= 0.6 is 0 Å². The van der Waals surface area contributed by atoms with Crippen molar-refractivity contribution < 1.29 is 4.74 Å². The first-order valence-electron chi connectivity index (χ1n) is 5.98. The van der Waals surface area contributed by atoms with E-state index in [1.165, 1.54) is 5.56 Å². The highest BCUT2D eigenvalue weighted by Gasteiger charge is 2.19. The van der Waals surface area contributed by atoms with Crippen LogP contribution in [0.5, 0.6) is 5.75 Å². The van der Waals surface area contributed by atoms with Crippen LogP contribution in [0.1, 0.15) is 30.9 Å². The van der Waals surface area contributed by atoms with Gasteiger partial charge in [0.25, 0.3) is 0 Å². The monoisotopic (exact) mass is 217 g/mol. The largest absolute Gasteiger partial charge is 0.493 e. The van der Waals surface area contributed by atoms with Gasteiger partial charge in [-0.15, -0.1) is 6.58 Å². The second-order valence-electron chi connectivity index (χ2n) is 4.11. The molecule has 0 saturated heterocycles. The standard InChI is InChI=1S/C14H19NO/c1-2-3-6-10-15-13-9-11-16-14-8-5-4-7-12(13)14/h2,4-5,7-8,13,15H,1,3,6,9-11H2. The van der Waals surface area contributed by atoms with Crippen LogP contribution in [0.25, 0.3) is 0 Å². The molecule has 86 valence electrons. The molecule has 0 amide bonds. The Labute approximate surface area is 97.3 Å². The molecule has 2 rings (SSSR count). The van der Waals surface area contributed by atoms with Gasteiger partial charge in [-0.1, -0.05) is 24.3 Å². The van der Waals surface area contributed by atoms with Gasteiger partial charge in [0.05, 0.1) is 6.61 Å². The summed E-state index contributed by atoms with van der Waals surface area (Å²) in [5, 5.41) is 3.58. The molecule has 1 aliphatic rings. The van der Waals surface area contributed by atoms with Crippen LogP contribution in [0, 0.1) is 0 Å². The number of hydrogen-bond donors (Lipinski definition) is 1. The molecule has 16 heavy (non-hydrogen) atoms. The highest BCUT2D eigenvalue weighted by atomic mass is 16.5. The Morgan fingerprint density at radius 2 is 2.31 bits per heavy atom. The summed E-state index contributed by atoms with van der Waals surface area (Å²) in [6.07, 6.45) is 5.27. The maximum atomic E-state index is 5.62. The fourth-order valence-corrected chi connectivity index (χ4v) is 2.08. The van der Waals surface area contributed by atoms with Crippen molar-refractivity contribution in [2.75, 3.05) is 13.2 Å². The molecule has 0 spiro atoms. The van der Waals surface area contributed by atoms with Crippen molar-refractivity contribution in [2.24, 2.45) is 0 Å². The van der Waals surface area contributed by atoms with E-state index in [4.69, 9.17) is 4.74 Å². The molecule has 0 aromatic heterocycles. The minimum Gasteiger partial charge on any atom is -0.493 e. The van der Waals surface area contributed by atoms with E-state index in [0.29, 0.717) is 6.04 Å². The summed E-state index contributed by atoms with van der Waals surface area (Å²) < 4.78 is 5.62. The van der Waals surface area contributed by atoms with Gasteiger partial charge in [-0.3, -0.25) is 0 Å². The molecule has 2 nitrogen and oxygen atoms in total. The molecular formula is C14H19NO. The van der Waals surface area contributed by atoms with Crippen LogP contribution in [0.4, 0.5) is 0 Å². The summed E-state index contributed by atoms with van der Waals surface area (Å²) in [5.74, 6) is 1.04. The first-order valence-corrected chi connectivity index (χ1v) is 5.98. The molecule has 1 N–H and O–H groups in total. The second-order valence-corrected chi connectivity index (χ2v) is 4.11. The van der Waals surface area contributed by atoms with E-state index in [1.807, 2.05) is 18.2 Å². The number of hydrogen-bond acceptors (Lipinski definition) is 2. The van der Waals surface area contributed by atoms with Crippen molar-refractivity contribution in [1.29, 1.82) is 0 Å². The average Bonchev–Trinajstić information content (AvgIpc) is 2.35. The van der Waals surface area contributed by atoms with Crippen molar-refractivity contribution >= 4 is 0 Å². The van der Waals surface area contributed by atoms with Crippen LogP contribution in [0.2, 0.25) is 0 Å². The van der Waals surface area contributed by atoms with E-state index in [9.17, 15) is 0 Å². The molecule has 1 aromatic rings. The second kappa shape index (κ2) is 5.71. The smallest absolute Gasteiger partial charge is 0.124 e. The van der Waals surface area contributed by atoms with Crippen LogP contribution < -0.4 is 10.1 Å². The minimum atomic E-state index is 0.453. The van der Waals surface area contributed by atoms with Gasteiger partial charge in [-0.25, -0.2) is 0 Å². The predicted molar refractivity (Wildman–Crippen MR) is 66.7 cm³/mol. The zero-order valence-electron chi connectivity index (χ0n) is 9.61. The molecule has 0 bridgehead atoms. The lowest BCUT2D eigenvalue weighted by molar-refractivity contribution is 0.253. The predicted octanol–water partition coefficient (Wildman–Crippen LogP) is 3.07. The molecule has 0 aliphatic carbocycles. The fraction of sp³-hybridized carbons (Fsp3) is 0.429. The quantitative estimate of drug-likeness (QED) is 0.604. The van der Waals surface area contributed by atoms with Crippen molar-refractivity contribution in [3.8, 4) is 5.75 Å². The highest BCUT2D eigenvalue weighted by molar-refractivity contribution is 5.37. The lowest BCUT2D eigenvalue weighted by Crippen LogP contribution is -2.27. The molecule has 1 unspecified atom stereocenters. The van der Waals surface area contributed by atoms with Gasteiger partial charge in [0.2, 0.25) is 0 Å². The topological polar surface area (TPSA) is 21.3 Å². The molecule has 0 saturated carbocycles. The third kappa shape index (κ3) is 2.64. The van der Waals surface area contributed by atoms with Crippen LogP contribution in [-0.2, 0) is 0 Å². The van der Waals surface area contributed by atoms with Gasteiger partial charge >= 0.3 is 0 Å². The summed E-state index contributed by atoms with van der Waals surface area (Å²) in [7, 11) is 0. The van der Waals surface area contributed by atoms with Crippen molar-refractivity contribution in [2.45, 2.75) is 25.3 Å². The number of fused-ring (bicyclic) bond motifs is 1. The first-order chi connectivity index (χ1) is 7.92. The van der Waals surface area contributed by atoms with Gasteiger partial charge in [0, 0.05) is 18.0 Å². The summed E-state index contributed by atoms with van der Waals surface area (Å²) in [4.78, 5) is 0. The Morgan fingerprint density at radius 1 is 1.44 bits per heavy atom. The van der Waals surface area contributed by atoms with Gasteiger partial charge in [0.1, 0.15) is 5.75 Å². The number of para-hydroxylation sites is 1. The van der Waals surface area contributed by atoms with E-state index >= 15 is 0 Å². The molecular weight excluding hydrogens is 198 g/mol. The third-order valence-electron chi connectivity index (χ3n) is 2.93. The molecule has 1 aromatic carbocycles. The number of ether oxygens (including phenoxy) is 1. The Morgan fingerprint density at radius 3 is 3.19 bits per heavy atom. The van der Waals surface area contributed by atoms with E-state index in [0.717, 1.165) is 38.2 Å². The maximum Gasteiger partial charge on any atom is 0.124 e. The first kappa shape index (κ1) is 11.2. The zero-order chi connectivity index (χ0) is 11.2. The fourth-order valence-electron chi connectivity index (χ4n) is 2.08. The number of unbranched alkanes of at least 4 members (excludes halogenated alkanes) is 1. The third-order valence-corrected chi connectivity index (χ3v) is 2.93. The van der Waals surface area contributed by atoms with Crippen LogP contribution in [-0.4, -0.2) is 13.2 Å². The Hall–Kier alpha value is -1.28. The summed E-state index contributed by atoms with van der Waals surface area (Å²) in [6, 6.07) is 8.76. The summed E-state index contributed by atoms with van der Waals surface area (Å²) in [6.45, 7) is 5.60. The van der Waals surface area contributed by atoms with Gasteiger partial charge < -0.3 is 10.1 Å². The number of allylic oxidation sites excluding steroid dienone is 1. The Kier molecular flexibility index (Phi) is 4.00. The van der Waals surface area contributed by atoms with Crippen LogP contribution in [0.15, 0.2) is 36.9 Å². The van der Waals surface area contributed by atoms with E-state index < -0.39 is 0 Å².